The molecule has 0 bridgehead atoms. The number of alkyl halides is 3. The van der Waals surface area contributed by atoms with Gasteiger partial charge in [0.2, 0.25) is 11.8 Å². The fraction of sp³-hybridized carbons (Fsp3) is 0.355. The predicted molar refractivity (Wildman–Crippen MR) is 166 cm³/mol. The zero-order valence-electron chi connectivity index (χ0n) is 23.9. The van der Waals surface area contributed by atoms with Gasteiger partial charge in [0, 0.05) is 11.7 Å². The highest BCUT2D eigenvalue weighted by Crippen LogP contribution is 2.37. The third kappa shape index (κ3) is 8.96. The van der Waals surface area contributed by atoms with Gasteiger partial charge in [-0.1, -0.05) is 44.2 Å². The fourth-order valence-electron chi connectivity index (χ4n) is 4.90. The summed E-state index contributed by atoms with van der Waals surface area (Å²) in [5.74, 6) is 0.616. The van der Waals surface area contributed by atoms with Gasteiger partial charge in [0.1, 0.15) is 5.75 Å². The quantitative estimate of drug-likeness (QED) is 0.133. The maximum atomic E-state index is 12.7. The number of amidine groups is 1. The molecule has 1 aliphatic heterocycles. The van der Waals surface area contributed by atoms with E-state index < -0.39 is 6.36 Å². The molecule has 43 heavy (non-hydrogen) atoms. The molecule has 2 amide bonds. The summed E-state index contributed by atoms with van der Waals surface area (Å²) >= 11 is 1.58. The third-order valence-corrected chi connectivity index (χ3v) is 8.16. The first-order valence-corrected chi connectivity index (χ1v) is 14.9. The molecule has 1 heterocycles. The van der Waals surface area contributed by atoms with Crippen LogP contribution in [0.25, 0.3) is 0 Å². The number of ether oxygens (including phenoxy) is 1. The van der Waals surface area contributed by atoms with E-state index in [-0.39, 0.29) is 34.9 Å². The molecule has 0 aromatic heterocycles. The monoisotopic (exact) mass is 613 g/mol. The number of anilines is 2. The summed E-state index contributed by atoms with van der Waals surface area (Å²) in [5.41, 5.74) is 6.13. The molecule has 2 aromatic carbocycles. The Morgan fingerprint density at radius 1 is 1.21 bits per heavy atom. The number of nitrogens with zero attached hydrogens (tertiary/aromatic N) is 3. The lowest BCUT2D eigenvalue weighted by atomic mass is 9.94. The average Bonchev–Trinajstić information content (AvgIpc) is 3.33. The molecular weight excluding hydrogens is 579 g/mol. The number of aliphatic imine (C=N–C) groups is 1. The molecule has 0 radical (unpaired) electrons. The van der Waals surface area contributed by atoms with E-state index in [9.17, 15) is 22.8 Å². The standard InChI is InChI=1S/C31H34F3N5O3S/c1-20(2)25-7-4-5-8-26(25)39-28(41)19-43-29(39)10-6-9-27(40)36-22-13-11-21(12-14-22)30(35-3)38-37-23-15-17-24(18-16-23)42-31(32,33)34/h4-9,11,15-18,20,22,29,37H,3,10,12-14,19H2,1-2H3,(H,36,40)/b9-6+,38-30-/t22?,29-/m1/s1. The Kier molecular flexibility index (Phi) is 10.7. The molecule has 4 rings (SSSR count). The maximum absolute atomic E-state index is 12.7. The number of nitrogens with one attached hydrogen (secondary N) is 2. The third-order valence-electron chi connectivity index (χ3n) is 6.95. The van der Waals surface area contributed by atoms with Crippen molar-refractivity contribution in [2.24, 2.45) is 10.1 Å². The van der Waals surface area contributed by atoms with Crippen molar-refractivity contribution in [1.82, 2.24) is 5.32 Å². The topological polar surface area (TPSA) is 95.4 Å². The van der Waals surface area contributed by atoms with Crippen LogP contribution in [0, 0.1) is 0 Å². The highest BCUT2D eigenvalue weighted by atomic mass is 32.2. The minimum atomic E-state index is -4.76. The first-order valence-electron chi connectivity index (χ1n) is 13.9. The molecule has 228 valence electrons. The van der Waals surface area contributed by atoms with Crippen LogP contribution in [0.15, 0.2) is 82.4 Å². The van der Waals surface area contributed by atoms with E-state index in [0.717, 1.165) is 16.8 Å². The minimum absolute atomic E-state index is 0.0575. The Morgan fingerprint density at radius 3 is 2.60 bits per heavy atom. The maximum Gasteiger partial charge on any atom is 0.573 e. The Morgan fingerprint density at radius 2 is 1.95 bits per heavy atom. The van der Waals surface area contributed by atoms with Crippen molar-refractivity contribution in [3.05, 3.63) is 77.9 Å². The van der Waals surface area contributed by atoms with E-state index in [1.165, 1.54) is 30.3 Å². The summed E-state index contributed by atoms with van der Waals surface area (Å²) in [6.45, 7) is 7.78. The molecule has 2 aliphatic rings. The van der Waals surface area contributed by atoms with Crippen LogP contribution in [0.5, 0.6) is 5.75 Å². The van der Waals surface area contributed by atoms with Gasteiger partial charge < -0.3 is 10.1 Å². The van der Waals surface area contributed by atoms with Crippen LogP contribution in [-0.4, -0.2) is 47.9 Å². The number of rotatable bonds is 10. The normalized spacial score (nSPS) is 19.5. The Bertz CT molecular complexity index is 1410. The zero-order valence-corrected chi connectivity index (χ0v) is 24.8. The van der Waals surface area contributed by atoms with Crippen LogP contribution in [0.2, 0.25) is 0 Å². The van der Waals surface area contributed by atoms with Crippen molar-refractivity contribution in [1.29, 1.82) is 0 Å². The van der Waals surface area contributed by atoms with E-state index >= 15 is 0 Å². The summed E-state index contributed by atoms with van der Waals surface area (Å²) < 4.78 is 40.9. The van der Waals surface area contributed by atoms with Gasteiger partial charge in [0.25, 0.3) is 0 Å². The second-order valence-corrected chi connectivity index (χ2v) is 11.5. The first kappa shape index (κ1) is 31.9. The molecule has 1 fully saturated rings. The lowest BCUT2D eigenvalue weighted by molar-refractivity contribution is -0.274. The van der Waals surface area contributed by atoms with Gasteiger partial charge in [-0.15, -0.1) is 24.9 Å². The van der Waals surface area contributed by atoms with Gasteiger partial charge in [0.05, 0.1) is 16.8 Å². The van der Waals surface area contributed by atoms with Crippen molar-refractivity contribution >= 4 is 47.5 Å². The number of carbonyl (C=O) groups excluding carboxylic acids is 2. The number of para-hydroxylation sites is 1. The van der Waals surface area contributed by atoms with Crippen LogP contribution < -0.4 is 20.4 Å². The van der Waals surface area contributed by atoms with Crippen LogP contribution in [-0.2, 0) is 9.59 Å². The number of hydrogen-bond donors (Lipinski definition) is 2. The van der Waals surface area contributed by atoms with Gasteiger partial charge in [-0.2, -0.15) is 5.10 Å². The second kappa shape index (κ2) is 14.4. The van der Waals surface area contributed by atoms with Gasteiger partial charge in [-0.3, -0.25) is 19.9 Å². The number of carbonyl (C=O) groups is 2. The van der Waals surface area contributed by atoms with Gasteiger partial charge >= 0.3 is 6.36 Å². The predicted octanol–water partition coefficient (Wildman–Crippen LogP) is 6.78. The number of hydrazone groups is 1. The van der Waals surface area contributed by atoms with Crippen molar-refractivity contribution in [2.75, 3.05) is 16.1 Å². The van der Waals surface area contributed by atoms with Crippen molar-refractivity contribution < 1.29 is 27.5 Å². The average molecular weight is 614 g/mol. The second-order valence-electron chi connectivity index (χ2n) is 10.4. The number of benzene rings is 2. The van der Waals surface area contributed by atoms with Gasteiger partial charge in [-0.05, 0) is 85.9 Å². The van der Waals surface area contributed by atoms with Crippen LogP contribution in [0.1, 0.15) is 51.0 Å². The zero-order chi connectivity index (χ0) is 31.0. The van der Waals surface area contributed by atoms with Crippen LogP contribution >= 0.6 is 11.8 Å². The number of amides is 2. The minimum Gasteiger partial charge on any atom is -0.406 e. The largest absolute Gasteiger partial charge is 0.573 e. The van der Waals surface area contributed by atoms with Gasteiger partial charge in [-0.25, -0.2) is 4.99 Å². The Hall–Kier alpha value is -4.06. The summed E-state index contributed by atoms with van der Waals surface area (Å²) in [6, 6.07) is 13.1. The molecular formula is C31H34F3N5O3S. The molecule has 2 N–H and O–H groups in total. The summed E-state index contributed by atoms with van der Waals surface area (Å²) in [5, 5.41) is 7.19. The van der Waals surface area contributed by atoms with E-state index in [2.05, 4.69) is 52.2 Å². The lowest BCUT2D eigenvalue weighted by Crippen LogP contribution is -2.35. The molecule has 1 aliphatic carbocycles. The van der Waals surface area contributed by atoms with Crippen molar-refractivity contribution in [2.45, 2.75) is 63.2 Å². The van der Waals surface area contributed by atoms with E-state index in [1.54, 1.807) is 11.8 Å². The molecule has 0 saturated carbocycles. The lowest BCUT2D eigenvalue weighted by Gasteiger charge is -2.26. The smallest absolute Gasteiger partial charge is 0.406 e. The molecule has 8 nitrogen and oxygen atoms in total. The molecule has 1 unspecified atom stereocenters. The highest BCUT2D eigenvalue weighted by Gasteiger charge is 2.33. The molecule has 2 atom stereocenters. The summed E-state index contributed by atoms with van der Waals surface area (Å²) in [6.07, 6.45) is 2.96. The van der Waals surface area contributed by atoms with E-state index in [4.69, 9.17) is 0 Å². The number of halogens is 3. The Balaban J connectivity index is 1.28. The molecule has 1 saturated heterocycles. The first-order chi connectivity index (χ1) is 20.5. The van der Waals surface area contributed by atoms with Crippen molar-refractivity contribution in [3.63, 3.8) is 0 Å². The molecule has 12 heteroatoms. The van der Waals surface area contributed by atoms with E-state index in [0.29, 0.717) is 43.0 Å². The SMILES string of the molecule is C=N/C(=N\Nc1ccc(OC(F)(F)F)cc1)C1=CCC(NC(=O)/C=C/C[C@H]2SCC(=O)N2c2ccccc2C(C)C)CC1. The number of thioether (sulfide) groups is 1. The van der Waals surface area contributed by atoms with Gasteiger partial charge in [0.15, 0.2) is 5.84 Å². The van der Waals surface area contributed by atoms with Crippen molar-refractivity contribution in [3.8, 4) is 5.75 Å². The molecule has 0 spiro atoms. The van der Waals surface area contributed by atoms with Crippen LogP contribution in [0.3, 0.4) is 0 Å². The summed E-state index contributed by atoms with van der Waals surface area (Å²) in [4.78, 5) is 31.2. The van der Waals surface area contributed by atoms with E-state index in [1.807, 2.05) is 35.3 Å². The highest BCUT2D eigenvalue weighted by molar-refractivity contribution is 8.01. The van der Waals surface area contributed by atoms with Crippen LogP contribution in [0.4, 0.5) is 24.5 Å². The number of hydrogen-bond acceptors (Lipinski definition) is 6. The Labute approximate surface area is 253 Å². The molecule has 2 aromatic rings. The fourth-order valence-corrected chi connectivity index (χ4v) is 6.00. The summed E-state index contributed by atoms with van der Waals surface area (Å²) in [7, 11) is 0.